The third-order valence-electron chi connectivity index (χ3n) is 1.38. The van der Waals surface area contributed by atoms with Crippen LogP contribution in [0.3, 0.4) is 0 Å². The minimum absolute atomic E-state index is 0.0724. The fraction of sp³-hybridized carbons (Fsp3) is 0.125. The normalized spacial score (nSPS) is 11.3. The molecule has 1 aromatic rings. The first-order valence-electron chi connectivity index (χ1n) is 3.55. The molecule has 0 saturated heterocycles. The van der Waals surface area contributed by atoms with Crippen LogP contribution in [-0.2, 0) is 0 Å². The molecule has 2 nitrogen and oxygen atoms in total. The van der Waals surface area contributed by atoms with Crippen LogP contribution in [0, 0.1) is 0 Å². The molecule has 0 aromatic heterocycles. The molecule has 0 amide bonds. The molecule has 0 unspecified atom stereocenters. The van der Waals surface area contributed by atoms with Gasteiger partial charge in [-0.2, -0.15) is 0 Å². The number of hydrogen-bond donors (Lipinski definition) is 0. The molecule has 0 N–H and O–H groups in total. The Balaban J connectivity index is 3.06. The number of benzene rings is 1. The van der Waals surface area contributed by atoms with E-state index in [1.54, 1.807) is 0 Å². The van der Waals surface area contributed by atoms with Crippen molar-refractivity contribution in [1.82, 2.24) is 0 Å². The van der Waals surface area contributed by atoms with Gasteiger partial charge in [0.1, 0.15) is 5.75 Å². The summed E-state index contributed by atoms with van der Waals surface area (Å²) in [7, 11) is 0. The lowest BCUT2D eigenvalue weighted by Crippen LogP contribution is -2.13. The second kappa shape index (κ2) is 4.98. The summed E-state index contributed by atoms with van der Waals surface area (Å²) in [5, 5.41) is -0.441. The van der Waals surface area contributed by atoms with Crippen molar-refractivity contribution in [3.63, 3.8) is 0 Å². The zero-order valence-corrected chi connectivity index (χ0v) is 10.7. The molecule has 0 radical (unpaired) electrons. The van der Waals surface area contributed by atoms with Gasteiger partial charge in [-0.1, -0.05) is 11.6 Å². The number of rotatable bonds is 2. The van der Waals surface area contributed by atoms with Crippen molar-refractivity contribution >= 4 is 63.2 Å². The quantitative estimate of drug-likeness (QED) is 0.597. The topological polar surface area (TPSA) is 26.3 Å². The van der Waals surface area contributed by atoms with Crippen LogP contribution < -0.4 is 4.74 Å². The predicted molar refractivity (Wildman–Crippen MR) is 62.6 cm³/mol. The fourth-order valence-electron chi connectivity index (χ4n) is 0.829. The zero-order valence-electron chi connectivity index (χ0n) is 6.94. The van der Waals surface area contributed by atoms with E-state index in [2.05, 4.69) is 0 Å². The molecule has 0 atom stereocenters. The first-order chi connectivity index (χ1) is 6.79. The van der Waals surface area contributed by atoms with Crippen LogP contribution in [0.15, 0.2) is 18.2 Å². The molecule has 82 valence electrons. The van der Waals surface area contributed by atoms with E-state index in [1.807, 2.05) is 0 Å². The van der Waals surface area contributed by atoms with Crippen molar-refractivity contribution in [3.8, 4) is 5.75 Å². The maximum absolute atomic E-state index is 10.8. The number of carbonyl (C=O) groups is 1. The van der Waals surface area contributed by atoms with Crippen molar-refractivity contribution in [2.45, 2.75) is 3.98 Å². The Hall–Kier alpha value is 0.140. The van der Waals surface area contributed by atoms with E-state index in [0.717, 1.165) is 0 Å². The molecule has 0 aliphatic carbocycles. The Morgan fingerprint density at radius 2 is 1.87 bits per heavy atom. The van der Waals surface area contributed by atoms with Crippen molar-refractivity contribution in [2.75, 3.05) is 0 Å². The molecule has 0 spiro atoms. The molecule has 7 heteroatoms. The van der Waals surface area contributed by atoms with Crippen LogP contribution >= 0.6 is 58.0 Å². The van der Waals surface area contributed by atoms with Crippen molar-refractivity contribution in [3.05, 3.63) is 28.8 Å². The summed E-state index contributed by atoms with van der Waals surface area (Å²) in [6, 6.07) is 4.14. The van der Waals surface area contributed by atoms with Gasteiger partial charge in [0, 0.05) is 5.56 Å². The summed E-state index contributed by atoms with van der Waals surface area (Å²) in [6.45, 7) is 0. The van der Waals surface area contributed by atoms with Crippen molar-refractivity contribution in [1.29, 1.82) is 0 Å². The van der Waals surface area contributed by atoms with Crippen LogP contribution in [0.4, 0.5) is 0 Å². The van der Waals surface area contributed by atoms with E-state index in [0.29, 0.717) is 0 Å². The summed E-state index contributed by atoms with van der Waals surface area (Å²) in [6.07, 6.45) is 0. The third-order valence-corrected chi connectivity index (χ3v) is 2.15. The fourth-order valence-corrected chi connectivity index (χ4v) is 1.35. The van der Waals surface area contributed by atoms with Crippen LogP contribution in [0.5, 0.6) is 5.75 Å². The smallest absolute Gasteiger partial charge is 0.338 e. The van der Waals surface area contributed by atoms with Gasteiger partial charge in [0.25, 0.3) is 5.24 Å². The highest BCUT2D eigenvalue weighted by Gasteiger charge is 2.23. The maximum Gasteiger partial charge on any atom is 0.338 e. The van der Waals surface area contributed by atoms with Crippen LogP contribution in [0.1, 0.15) is 10.4 Å². The van der Waals surface area contributed by atoms with Gasteiger partial charge in [-0.15, -0.1) is 0 Å². The van der Waals surface area contributed by atoms with Crippen molar-refractivity contribution < 1.29 is 9.53 Å². The van der Waals surface area contributed by atoms with E-state index < -0.39 is 9.22 Å². The molecule has 0 heterocycles. The number of halogens is 5. The van der Waals surface area contributed by atoms with E-state index >= 15 is 0 Å². The molecule has 0 fully saturated rings. The minimum Gasteiger partial charge on any atom is -0.444 e. The molecule has 0 aliphatic rings. The van der Waals surface area contributed by atoms with Gasteiger partial charge in [-0.25, -0.2) is 0 Å². The summed E-state index contributed by atoms with van der Waals surface area (Å²) in [5.41, 5.74) is 0.199. The van der Waals surface area contributed by atoms with E-state index in [9.17, 15) is 4.79 Å². The second-order valence-electron chi connectivity index (χ2n) is 2.47. The first kappa shape index (κ1) is 13.2. The van der Waals surface area contributed by atoms with Gasteiger partial charge in [-0.3, -0.25) is 4.79 Å². The van der Waals surface area contributed by atoms with Crippen LogP contribution in [0.2, 0.25) is 5.02 Å². The van der Waals surface area contributed by atoms with E-state index in [1.165, 1.54) is 18.2 Å². The Morgan fingerprint density at radius 3 is 2.33 bits per heavy atom. The molecule has 1 rings (SSSR count). The van der Waals surface area contributed by atoms with Gasteiger partial charge >= 0.3 is 3.98 Å². The van der Waals surface area contributed by atoms with Gasteiger partial charge in [0.2, 0.25) is 0 Å². The van der Waals surface area contributed by atoms with E-state index in [4.69, 9.17) is 62.7 Å². The first-order valence-corrected chi connectivity index (χ1v) is 5.44. The minimum atomic E-state index is -1.95. The van der Waals surface area contributed by atoms with Gasteiger partial charge in [-0.05, 0) is 64.6 Å². The highest BCUT2D eigenvalue weighted by atomic mass is 35.6. The molecule has 0 bridgehead atoms. The molecule has 0 saturated carbocycles. The zero-order chi connectivity index (χ0) is 11.6. The van der Waals surface area contributed by atoms with Gasteiger partial charge in [0.15, 0.2) is 0 Å². The SMILES string of the molecule is O=C(Cl)c1ccc(Cl)c(OC(Cl)(Cl)Cl)c1. The van der Waals surface area contributed by atoms with Crippen molar-refractivity contribution in [2.24, 2.45) is 0 Å². The Morgan fingerprint density at radius 1 is 1.27 bits per heavy atom. The average molecular weight is 308 g/mol. The predicted octanol–water partition coefficient (Wildman–Crippen LogP) is 4.43. The molecule has 0 aliphatic heterocycles. The summed E-state index contributed by atoms with van der Waals surface area (Å²) in [4.78, 5) is 10.8. The summed E-state index contributed by atoms with van der Waals surface area (Å²) in [5.74, 6) is 0.0724. The lowest BCUT2D eigenvalue weighted by Gasteiger charge is -2.15. The molecule has 1 aromatic carbocycles. The number of hydrogen-bond acceptors (Lipinski definition) is 2. The second-order valence-corrected chi connectivity index (χ2v) is 5.39. The lowest BCUT2D eigenvalue weighted by atomic mass is 10.2. The third kappa shape index (κ3) is 4.25. The van der Waals surface area contributed by atoms with Gasteiger partial charge < -0.3 is 4.74 Å². The number of alkyl halides is 3. The highest BCUT2D eigenvalue weighted by molar-refractivity contribution is 6.68. The number of ether oxygens (including phenoxy) is 1. The van der Waals surface area contributed by atoms with E-state index in [-0.39, 0.29) is 16.3 Å². The summed E-state index contributed by atoms with van der Waals surface area (Å²) >= 11 is 27.2. The average Bonchev–Trinajstić information content (AvgIpc) is 2.06. The molecular weight excluding hydrogens is 305 g/mol. The molecule has 15 heavy (non-hydrogen) atoms. The monoisotopic (exact) mass is 306 g/mol. The Labute approximate surface area is 111 Å². The lowest BCUT2D eigenvalue weighted by molar-refractivity contribution is 0.108. The Kier molecular flexibility index (Phi) is 4.38. The number of carbonyl (C=O) groups excluding carboxylic acids is 1. The standard InChI is InChI=1S/C8H3Cl5O2/c9-5-2-1-4(7(10)14)3-6(5)15-8(11,12)13/h1-3H. The highest BCUT2D eigenvalue weighted by Crippen LogP contribution is 2.35. The molecular formula is C8H3Cl5O2. The maximum atomic E-state index is 10.8. The van der Waals surface area contributed by atoms with Gasteiger partial charge in [0.05, 0.1) is 5.02 Å². The largest absolute Gasteiger partial charge is 0.444 e. The Bertz CT molecular complexity index is 385. The van der Waals surface area contributed by atoms with Crippen LogP contribution in [-0.4, -0.2) is 9.22 Å². The van der Waals surface area contributed by atoms with Crippen LogP contribution in [0.25, 0.3) is 0 Å². The summed E-state index contributed by atoms with van der Waals surface area (Å²) < 4.78 is 2.93.